The first-order chi connectivity index (χ1) is 9.60. The van der Waals surface area contributed by atoms with Crippen molar-refractivity contribution in [3.63, 3.8) is 0 Å². The molecule has 2 heterocycles. The van der Waals surface area contributed by atoms with Gasteiger partial charge in [0.15, 0.2) is 5.13 Å². The maximum absolute atomic E-state index is 11.9. The first-order valence-corrected chi connectivity index (χ1v) is 7.69. The van der Waals surface area contributed by atoms with Crippen LogP contribution in [0.4, 0.5) is 5.13 Å². The van der Waals surface area contributed by atoms with Crippen molar-refractivity contribution in [1.82, 2.24) is 10.3 Å². The number of nitrogens with zero attached hydrogens (tertiary/aromatic N) is 2. The minimum absolute atomic E-state index is 0.146. The summed E-state index contributed by atoms with van der Waals surface area (Å²) in [5.41, 5.74) is 0.914. The third kappa shape index (κ3) is 2.20. The summed E-state index contributed by atoms with van der Waals surface area (Å²) in [7, 11) is 0. The minimum atomic E-state index is -0.459. The van der Waals surface area contributed by atoms with Crippen LogP contribution >= 0.6 is 11.3 Å². The van der Waals surface area contributed by atoms with Crippen molar-refractivity contribution >= 4 is 28.3 Å². The van der Waals surface area contributed by atoms with Gasteiger partial charge in [-0.2, -0.15) is 0 Å². The molecule has 20 heavy (non-hydrogen) atoms. The number of aryl methyl sites for hydroxylation is 1. The van der Waals surface area contributed by atoms with E-state index in [9.17, 15) is 14.7 Å². The van der Waals surface area contributed by atoms with Gasteiger partial charge in [-0.15, -0.1) is 0 Å². The molecule has 0 spiro atoms. The topological polar surface area (TPSA) is 82.5 Å². The van der Waals surface area contributed by atoms with Crippen molar-refractivity contribution in [3.8, 4) is 0 Å². The molecule has 0 aromatic carbocycles. The molecule has 1 saturated heterocycles. The van der Waals surface area contributed by atoms with Crippen molar-refractivity contribution in [2.75, 3.05) is 11.4 Å². The van der Waals surface area contributed by atoms with E-state index in [-0.39, 0.29) is 24.4 Å². The maximum Gasteiger partial charge on any atom is 0.249 e. The number of nitrogens with one attached hydrogen (secondary N) is 1. The smallest absolute Gasteiger partial charge is 0.249 e. The molecule has 0 saturated carbocycles. The molecule has 1 aliphatic heterocycles. The van der Waals surface area contributed by atoms with Gasteiger partial charge in [0, 0.05) is 0 Å². The number of anilines is 1. The van der Waals surface area contributed by atoms with E-state index in [1.807, 2.05) is 6.92 Å². The van der Waals surface area contributed by atoms with Crippen molar-refractivity contribution < 1.29 is 14.7 Å². The summed E-state index contributed by atoms with van der Waals surface area (Å²) in [5.74, 6) is -0.564. The van der Waals surface area contributed by atoms with E-state index in [1.165, 1.54) is 11.3 Å². The van der Waals surface area contributed by atoms with E-state index in [4.69, 9.17) is 0 Å². The number of aliphatic hydroxyl groups is 1. The van der Waals surface area contributed by atoms with Gasteiger partial charge in [-0.1, -0.05) is 18.3 Å². The van der Waals surface area contributed by atoms with Crippen molar-refractivity contribution in [2.45, 2.75) is 44.8 Å². The average Bonchev–Trinajstić information content (AvgIpc) is 2.83. The Morgan fingerprint density at radius 1 is 1.50 bits per heavy atom. The largest absolute Gasteiger partial charge is 0.388 e. The van der Waals surface area contributed by atoms with Gasteiger partial charge in [-0.05, 0) is 25.7 Å². The summed E-state index contributed by atoms with van der Waals surface area (Å²) in [4.78, 5) is 30.7. The number of aliphatic hydroxyl groups excluding tert-OH is 1. The van der Waals surface area contributed by atoms with Gasteiger partial charge in [0.05, 0.1) is 16.7 Å². The highest BCUT2D eigenvalue weighted by molar-refractivity contribution is 7.15. The summed E-state index contributed by atoms with van der Waals surface area (Å²) in [5, 5.41) is 13.0. The predicted molar refractivity (Wildman–Crippen MR) is 74.6 cm³/mol. The molecule has 1 aromatic heterocycles. The third-order valence-electron chi connectivity index (χ3n) is 3.80. The molecule has 2 atom stereocenters. The lowest BCUT2D eigenvalue weighted by Gasteiger charge is -2.33. The number of carbonyl (C=O) groups excluding carboxylic acids is 2. The monoisotopic (exact) mass is 295 g/mol. The number of hydrogen-bond donors (Lipinski definition) is 2. The highest BCUT2D eigenvalue weighted by Gasteiger charge is 2.35. The highest BCUT2D eigenvalue weighted by atomic mass is 32.1. The zero-order chi connectivity index (χ0) is 14.3. The van der Waals surface area contributed by atoms with Crippen LogP contribution in [0.2, 0.25) is 0 Å². The summed E-state index contributed by atoms with van der Waals surface area (Å²) in [6, 6.07) is -0.363. The van der Waals surface area contributed by atoms with Gasteiger partial charge >= 0.3 is 0 Å². The van der Waals surface area contributed by atoms with Crippen LogP contribution in [-0.4, -0.2) is 34.5 Å². The van der Waals surface area contributed by atoms with Crippen LogP contribution in [-0.2, 0) is 16.0 Å². The summed E-state index contributed by atoms with van der Waals surface area (Å²) in [6.07, 6.45) is 2.69. The van der Waals surface area contributed by atoms with Crippen LogP contribution < -0.4 is 10.2 Å². The van der Waals surface area contributed by atoms with Gasteiger partial charge in [-0.25, -0.2) is 4.98 Å². The number of carbonyl (C=O) groups is 2. The molecule has 0 bridgehead atoms. The normalized spacial score (nSPS) is 26.4. The first kappa shape index (κ1) is 13.5. The fourth-order valence-electron chi connectivity index (χ4n) is 2.78. The van der Waals surface area contributed by atoms with E-state index in [2.05, 4.69) is 10.3 Å². The van der Waals surface area contributed by atoms with Gasteiger partial charge < -0.3 is 10.0 Å². The number of hydrogen-bond acceptors (Lipinski definition) is 6. The van der Waals surface area contributed by atoms with Crippen LogP contribution in [0.25, 0.3) is 0 Å². The Morgan fingerprint density at radius 2 is 2.30 bits per heavy atom. The van der Waals surface area contributed by atoms with Gasteiger partial charge in [0.2, 0.25) is 11.8 Å². The zero-order valence-electron chi connectivity index (χ0n) is 11.3. The first-order valence-electron chi connectivity index (χ1n) is 6.88. The summed E-state index contributed by atoms with van der Waals surface area (Å²) >= 11 is 1.41. The number of thiazole rings is 1. The number of piperazine rings is 1. The van der Waals surface area contributed by atoms with E-state index in [0.717, 1.165) is 29.8 Å². The SMILES string of the molecule is CCC1C(=O)NC(=O)CN1c1nc2c(s1)C(O)CCC2. The Balaban J connectivity index is 1.94. The molecule has 2 amide bonds. The van der Waals surface area contributed by atoms with Crippen LogP contribution in [0.3, 0.4) is 0 Å². The maximum atomic E-state index is 11.9. The number of rotatable bonds is 2. The van der Waals surface area contributed by atoms with Crippen LogP contribution in [0, 0.1) is 0 Å². The molecule has 1 aliphatic carbocycles. The lowest BCUT2D eigenvalue weighted by molar-refractivity contribution is -0.132. The number of fused-ring (bicyclic) bond motifs is 1. The second-order valence-corrected chi connectivity index (χ2v) is 6.19. The molecular weight excluding hydrogens is 278 g/mol. The van der Waals surface area contributed by atoms with Gasteiger partial charge in [-0.3, -0.25) is 14.9 Å². The molecule has 1 aromatic rings. The molecule has 1 fully saturated rings. The standard InChI is InChI=1S/C13H17N3O3S/c1-2-8-12(19)15-10(18)6-16(8)13-14-7-4-3-5-9(17)11(7)20-13/h8-9,17H,2-6H2,1H3,(H,15,18,19). The molecule has 2 aliphatic rings. The lowest BCUT2D eigenvalue weighted by Crippen LogP contribution is -2.58. The Labute approximate surface area is 120 Å². The van der Waals surface area contributed by atoms with E-state index in [0.29, 0.717) is 11.6 Å². The fourth-order valence-corrected chi connectivity index (χ4v) is 3.96. The fraction of sp³-hybridized carbons (Fsp3) is 0.615. The van der Waals surface area contributed by atoms with Gasteiger partial charge in [0.1, 0.15) is 12.6 Å². The Bertz CT molecular complexity index is 557. The molecule has 0 radical (unpaired) electrons. The number of imide groups is 1. The predicted octanol–water partition coefficient (Wildman–Crippen LogP) is 0.754. The van der Waals surface area contributed by atoms with Crippen molar-refractivity contribution in [2.24, 2.45) is 0 Å². The van der Waals surface area contributed by atoms with E-state index in [1.54, 1.807) is 4.90 Å². The molecular formula is C13H17N3O3S. The zero-order valence-corrected chi connectivity index (χ0v) is 12.1. The minimum Gasteiger partial charge on any atom is -0.388 e. The van der Waals surface area contributed by atoms with Gasteiger partial charge in [0.25, 0.3) is 0 Å². The lowest BCUT2D eigenvalue weighted by atomic mass is 10.0. The molecule has 108 valence electrons. The molecule has 2 unspecified atom stereocenters. The van der Waals surface area contributed by atoms with Crippen LogP contribution in [0.5, 0.6) is 0 Å². The Morgan fingerprint density at radius 3 is 3.00 bits per heavy atom. The summed E-state index contributed by atoms with van der Waals surface area (Å²) in [6.45, 7) is 2.06. The average molecular weight is 295 g/mol. The van der Waals surface area contributed by atoms with Crippen molar-refractivity contribution in [3.05, 3.63) is 10.6 Å². The number of amides is 2. The van der Waals surface area contributed by atoms with Crippen LogP contribution in [0.15, 0.2) is 0 Å². The third-order valence-corrected chi connectivity index (χ3v) is 5.03. The molecule has 2 N–H and O–H groups in total. The molecule has 3 rings (SSSR count). The highest BCUT2D eigenvalue weighted by Crippen LogP contribution is 2.38. The van der Waals surface area contributed by atoms with Crippen LogP contribution in [0.1, 0.15) is 42.9 Å². The number of aromatic nitrogens is 1. The Kier molecular flexibility index (Phi) is 3.47. The van der Waals surface area contributed by atoms with Crippen molar-refractivity contribution in [1.29, 1.82) is 0 Å². The molecule has 6 nitrogen and oxygen atoms in total. The molecule has 7 heteroatoms. The van der Waals surface area contributed by atoms with E-state index >= 15 is 0 Å². The second-order valence-electron chi connectivity index (χ2n) is 5.18. The summed E-state index contributed by atoms with van der Waals surface area (Å²) < 4.78 is 0. The van der Waals surface area contributed by atoms with E-state index < -0.39 is 6.10 Å². The second kappa shape index (κ2) is 5.14. The quantitative estimate of drug-likeness (QED) is 0.787. The Hall–Kier alpha value is -1.47.